The van der Waals surface area contributed by atoms with E-state index < -0.39 is 12.1 Å². The first-order valence-corrected chi connectivity index (χ1v) is 5.72. The van der Waals surface area contributed by atoms with Crippen LogP contribution < -0.4 is 0 Å². The van der Waals surface area contributed by atoms with Crippen LogP contribution in [0.1, 0.15) is 32.1 Å². The molecule has 1 amide bonds. The molecule has 5 heteroatoms. The summed E-state index contributed by atoms with van der Waals surface area (Å²) >= 11 is 0. The molecule has 0 aromatic heterocycles. The van der Waals surface area contributed by atoms with Crippen LogP contribution in [0.4, 0.5) is 0 Å². The molecular formula is C11H17NO4. The molecule has 0 unspecified atom stereocenters. The molecule has 0 bridgehead atoms. The highest BCUT2D eigenvalue weighted by molar-refractivity contribution is 5.85. The third-order valence-corrected chi connectivity index (χ3v) is 3.52. The van der Waals surface area contributed by atoms with Crippen molar-refractivity contribution in [3.8, 4) is 0 Å². The Hall–Kier alpha value is -1.10. The Morgan fingerprint density at radius 3 is 2.88 bits per heavy atom. The number of methoxy groups -OCH3 is 1. The standard InChI is InChI=1S/C11H17NO4/c1-16-11(15)8-5-6-9(13)7-3-2-4-10(14)12(7)8/h7-9,13H,2-6H2,1H3/t7-,8-,9+/m0/s1. The van der Waals surface area contributed by atoms with Crippen molar-refractivity contribution >= 4 is 11.9 Å². The minimum atomic E-state index is -0.495. The van der Waals surface area contributed by atoms with E-state index in [0.717, 1.165) is 12.8 Å². The van der Waals surface area contributed by atoms with E-state index in [4.69, 9.17) is 4.74 Å². The lowest BCUT2D eigenvalue weighted by Gasteiger charge is -2.45. The number of ether oxygens (including phenoxy) is 1. The summed E-state index contributed by atoms with van der Waals surface area (Å²) in [6.07, 6.45) is 2.61. The molecular weight excluding hydrogens is 210 g/mol. The van der Waals surface area contributed by atoms with Crippen LogP contribution in [0.5, 0.6) is 0 Å². The second-order valence-electron chi connectivity index (χ2n) is 4.44. The van der Waals surface area contributed by atoms with Gasteiger partial charge in [0.15, 0.2) is 0 Å². The average molecular weight is 227 g/mol. The molecule has 90 valence electrons. The number of carbonyl (C=O) groups is 2. The Morgan fingerprint density at radius 1 is 1.44 bits per heavy atom. The number of fused-ring (bicyclic) bond motifs is 1. The zero-order chi connectivity index (χ0) is 11.7. The number of nitrogens with zero attached hydrogens (tertiary/aromatic N) is 1. The van der Waals surface area contributed by atoms with Crippen LogP contribution in [0, 0.1) is 0 Å². The third kappa shape index (κ3) is 1.80. The molecule has 0 aliphatic carbocycles. The summed E-state index contributed by atoms with van der Waals surface area (Å²) in [5.74, 6) is -0.405. The molecule has 0 radical (unpaired) electrons. The van der Waals surface area contributed by atoms with Crippen molar-refractivity contribution in [3.05, 3.63) is 0 Å². The number of carbonyl (C=O) groups excluding carboxylic acids is 2. The molecule has 2 heterocycles. The number of amides is 1. The first-order valence-electron chi connectivity index (χ1n) is 5.72. The summed E-state index contributed by atoms with van der Waals surface area (Å²) in [4.78, 5) is 24.9. The van der Waals surface area contributed by atoms with E-state index >= 15 is 0 Å². The van der Waals surface area contributed by atoms with Gasteiger partial charge in [-0.05, 0) is 25.7 Å². The number of piperidine rings is 2. The van der Waals surface area contributed by atoms with Crippen LogP contribution in [0.25, 0.3) is 0 Å². The van der Waals surface area contributed by atoms with E-state index in [2.05, 4.69) is 0 Å². The fraction of sp³-hybridized carbons (Fsp3) is 0.818. The highest BCUT2D eigenvalue weighted by atomic mass is 16.5. The molecule has 3 atom stereocenters. The van der Waals surface area contributed by atoms with Gasteiger partial charge >= 0.3 is 5.97 Å². The average Bonchev–Trinajstić information content (AvgIpc) is 2.30. The van der Waals surface area contributed by atoms with Crippen LogP contribution >= 0.6 is 0 Å². The summed E-state index contributed by atoms with van der Waals surface area (Å²) in [6, 6.07) is -0.690. The number of aliphatic hydroxyl groups is 1. The van der Waals surface area contributed by atoms with Gasteiger partial charge in [0.2, 0.25) is 5.91 Å². The maximum atomic E-state index is 11.8. The lowest BCUT2D eigenvalue weighted by molar-refractivity contribution is -0.164. The van der Waals surface area contributed by atoms with Gasteiger partial charge in [0.25, 0.3) is 0 Å². The summed E-state index contributed by atoms with van der Waals surface area (Å²) in [5.41, 5.74) is 0. The topological polar surface area (TPSA) is 66.8 Å². The van der Waals surface area contributed by atoms with Gasteiger partial charge < -0.3 is 14.7 Å². The second kappa shape index (κ2) is 4.41. The molecule has 2 rings (SSSR count). The summed E-state index contributed by atoms with van der Waals surface area (Å²) in [7, 11) is 1.33. The lowest BCUT2D eigenvalue weighted by Crippen LogP contribution is -2.60. The SMILES string of the molecule is COC(=O)[C@@H]1CC[C@@H](O)[C@@H]2CCCC(=O)N12. The number of aliphatic hydroxyl groups excluding tert-OH is 1. The predicted octanol–water partition coefficient (Wildman–Crippen LogP) is 0.0638. The molecule has 0 aromatic rings. The van der Waals surface area contributed by atoms with Crippen LogP contribution in [-0.4, -0.2) is 47.2 Å². The normalized spacial score (nSPS) is 34.5. The van der Waals surface area contributed by atoms with Gasteiger partial charge in [-0.25, -0.2) is 4.79 Å². The fourth-order valence-corrected chi connectivity index (χ4v) is 2.73. The molecule has 1 N–H and O–H groups in total. The van der Waals surface area contributed by atoms with Gasteiger partial charge in [-0.2, -0.15) is 0 Å². The van der Waals surface area contributed by atoms with Crippen LogP contribution in [0.2, 0.25) is 0 Å². The van der Waals surface area contributed by atoms with Gasteiger partial charge in [0.05, 0.1) is 19.3 Å². The van der Waals surface area contributed by atoms with Crippen molar-refractivity contribution in [2.24, 2.45) is 0 Å². The Morgan fingerprint density at radius 2 is 2.19 bits per heavy atom. The van der Waals surface area contributed by atoms with Crippen molar-refractivity contribution in [2.75, 3.05) is 7.11 Å². The smallest absolute Gasteiger partial charge is 0.328 e. The van der Waals surface area contributed by atoms with Gasteiger partial charge in [0.1, 0.15) is 6.04 Å². The number of hydrogen-bond acceptors (Lipinski definition) is 4. The number of hydrogen-bond donors (Lipinski definition) is 1. The second-order valence-corrected chi connectivity index (χ2v) is 4.44. The highest BCUT2D eigenvalue weighted by Gasteiger charge is 2.44. The zero-order valence-electron chi connectivity index (χ0n) is 9.39. The van der Waals surface area contributed by atoms with E-state index in [1.165, 1.54) is 7.11 Å². The minimum Gasteiger partial charge on any atom is -0.467 e. The Kier molecular flexibility index (Phi) is 3.14. The molecule has 2 saturated heterocycles. The van der Waals surface area contributed by atoms with Crippen molar-refractivity contribution < 1.29 is 19.4 Å². The minimum absolute atomic E-state index is 0.0367. The maximum Gasteiger partial charge on any atom is 0.328 e. The van der Waals surface area contributed by atoms with Crippen LogP contribution in [0.3, 0.4) is 0 Å². The van der Waals surface area contributed by atoms with E-state index in [1.807, 2.05) is 0 Å². The van der Waals surface area contributed by atoms with Crippen molar-refractivity contribution in [3.63, 3.8) is 0 Å². The monoisotopic (exact) mass is 227 g/mol. The van der Waals surface area contributed by atoms with Crippen LogP contribution in [-0.2, 0) is 14.3 Å². The Bertz CT molecular complexity index is 304. The predicted molar refractivity (Wildman–Crippen MR) is 55.5 cm³/mol. The van der Waals surface area contributed by atoms with Gasteiger partial charge in [-0.1, -0.05) is 0 Å². The molecule has 16 heavy (non-hydrogen) atoms. The summed E-state index contributed by atoms with van der Waals surface area (Å²) in [5, 5.41) is 9.85. The fourth-order valence-electron chi connectivity index (χ4n) is 2.73. The summed E-state index contributed by atoms with van der Waals surface area (Å²) in [6.45, 7) is 0. The molecule has 0 spiro atoms. The van der Waals surface area contributed by atoms with Crippen LogP contribution in [0.15, 0.2) is 0 Å². The highest BCUT2D eigenvalue weighted by Crippen LogP contribution is 2.31. The summed E-state index contributed by atoms with van der Waals surface area (Å²) < 4.78 is 4.71. The van der Waals surface area contributed by atoms with Gasteiger partial charge in [-0.3, -0.25) is 4.79 Å². The Balaban J connectivity index is 2.21. The molecule has 2 fully saturated rings. The van der Waals surface area contributed by atoms with E-state index in [1.54, 1.807) is 4.90 Å². The molecule has 2 aliphatic heterocycles. The first-order chi connectivity index (χ1) is 7.65. The van der Waals surface area contributed by atoms with Crippen molar-refractivity contribution in [2.45, 2.75) is 50.3 Å². The van der Waals surface area contributed by atoms with Crippen molar-refractivity contribution in [1.29, 1.82) is 0 Å². The number of esters is 1. The molecule has 5 nitrogen and oxygen atoms in total. The van der Waals surface area contributed by atoms with Gasteiger partial charge in [0, 0.05) is 6.42 Å². The maximum absolute atomic E-state index is 11.8. The van der Waals surface area contributed by atoms with E-state index in [-0.39, 0.29) is 17.9 Å². The molecule has 0 aromatic carbocycles. The van der Waals surface area contributed by atoms with Crippen molar-refractivity contribution in [1.82, 2.24) is 4.90 Å². The molecule has 2 aliphatic rings. The quantitative estimate of drug-likeness (QED) is 0.643. The largest absolute Gasteiger partial charge is 0.467 e. The molecule has 0 saturated carbocycles. The number of rotatable bonds is 1. The third-order valence-electron chi connectivity index (χ3n) is 3.52. The zero-order valence-corrected chi connectivity index (χ0v) is 9.39. The van der Waals surface area contributed by atoms with E-state index in [0.29, 0.717) is 19.3 Å². The van der Waals surface area contributed by atoms with E-state index in [9.17, 15) is 14.7 Å². The lowest BCUT2D eigenvalue weighted by atomic mass is 9.86. The Labute approximate surface area is 94.4 Å². The van der Waals surface area contributed by atoms with Gasteiger partial charge in [-0.15, -0.1) is 0 Å². The first kappa shape index (κ1) is 11.4.